The average Bonchev–Trinajstić information content (AvgIpc) is 2.16. The van der Waals surface area contributed by atoms with Gasteiger partial charge < -0.3 is 10.6 Å². The highest BCUT2D eigenvalue weighted by Crippen LogP contribution is 2.29. The molecule has 2 N–H and O–H groups in total. The molecule has 1 amide bonds. The first-order chi connectivity index (χ1) is 7.43. The minimum atomic E-state index is -0.222. The number of hydrogen-bond acceptors (Lipinski definition) is 2. The summed E-state index contributed by atoms with van der Waals surface area (Å²) in [5.74, 6) is 0.729. The molecule has 0 heterocycles. The van der Waals surface area contributed by atoms with Crippen molar-refractivity contribution in [3.8, 4) is 0 Å². The van der Waals surface area contributed by atoms with Crippen LogP contribution in [0, 0.1) is 5.92 Å². The summed E-state index contributed by atoms with van der Waals surface area (Å²) in [6.45, 7) is 5.08. The maximum absolute atomic E-state index is 12.0. The molecule has 1 aliphatic carbocycles. The zero-order chi connectivity index (χ0) is 12.2. The van der Waals surface area contributed by atoms with Gasteiger partial charge >= 0.3 is 0 Å². The third-order valence-corrected chi connectivity index (χ3v) is 3.42. The summed E-state index contributed by atoms with van der Waals surface area (Å²) in [7, 11) is 1.88. The van der Waals surface area contributed by atoms with Gasteiger partial charge in [-0.25, -0.2) is 0 Å². The van der Waals surface area contributed by atoms with Crippen LogP contribution in [-0.4, -0.2) is 29.9 Å². The van der Waals surface area contributed by atoms with E-state index in [1.54, 1.807) is 0 Å². The lowest BCUT2D eigenvalue weighted by Crippen LogP contribution is -2.46. The van der Waals surface area contributed by atoms with Crippen LogP contribution in [0.15, 0.2) is 0 Å². The normalized spacial score (nSPS) is 19.8. The van der Waals surface area contributed by atoms with Crippen molar-refractivity contribution in [3.05, 3.63) is 0 Å². The van der Waals surface area contributed by atoms with E-state index in [4.69, 9.17) is 5.73 Å². The van der Waals surface area contributed by atoms with Crippen molar-refractivity contribution in [2.24, 2.45) is 11.7 Å². The highest BCUT2D eigenvalue weighted by molar-refractivity contribution is 5.77. The number of hydrogen-bond donors (Lipinski definition) is 1. The second-order valence-corrected chi connectivity index (χ2v) is 5.77. The number of amides is 1. The Morgan fingerprint density at radius 3 is 2.38 bits per heavy atom. The molecule has 0 unspecified atom stereocenters. The summed E-state index contributed by atoms with van der Waals surface area (Å²) in [4.78, 5) is 13.8. The van der Waals surface area contributed by atoms with Crippen LogP contribution in [-0.2, 0) is 4.79 Å². The summed E-state index contributed by atoms with van der Waals surface area (Å²) in [5, 5.41) is 0. The zero-order valence-electron chi connectivity index (χ0n) is 11.0. The molecule has 1 fully saturated rings. The summed E-state index contributed by atoms with van der Waals surface area (Å²) in [6, 6.07) is 0. The Balaban J connectivity index is 2.43. The van der Waals surface area contributed by atoms with Gasteiger partial charge in [0.05, 0.1) is 0 Å². The van der Waals surface area contributed by atoms with E-state index in [2.05, 4.69) is 13.8 Å². The van der Waals surface area contributed by atoms with Crippen LogP contribution in [0.5, 0.6) is 0 Å². The monoisotopic (exact) mass is 226 g/mol. The van der Waals surface area contributed by atoms with E-state index in [9.17, 15) is 4.79 Å². The molecule has 0 aliphatic heterocycles. The fraction of sp³-hybridized carbons (Fsp3) is 0.923. The summed E-state index contributed by atoms with van der Waals surface area (Å²) < 4.78 is 0. The van der Waals surface area contributed by atoms with Gasteiger partial charge in [0, 0.05) is 25.6 Å². The van der Waals surface area contributed by atoms with Crippen LogP contribution in [0.25, 0.3) is 0 Å². The first kappa shape index (κ1) is 13.5. The Kier molecular flexibility index (Phi) is 4.78. The number of carbonyl (C=O) groups excluding carboxylic acids is 1. The Morgan fingerprint density at radius 1 is 1.31 bits per heavy atom. The summed E-state index contributed by atoms with van der Waals surface area (Å²) in [5.41, 5.74) is 6.06. The molecule has 0 saturated heterocycles. The minimum absolute atomic E-state index is 0.207. The molecule has 0 spiro atoms. The van der Waals surface area contributed by atoms with Crippen molar-refractivity contribution in [3.63, 3.8) is 0 Å². The Morgan fingerprint density at radius 2 is 1.88 bits per heavy atom. The van der Waals surface area contributed by atoms with E-state index in [1.807, 2.05) is 11.9 Å². The maximum Gasteiger partial charge on any atom is 0.224 e. The topological polar surface area (TPSA) is 46.3 Å². The number of carbonyl (C=O) groups is 1. The van der Waals surface area contributed by atoms with E-state index in [0.717, 1.165) is 19.4 Å². The molecule has 1 saturated carbocycles. The third-order valence-electron chi connectivity index (χ3n) is 3.42. The van der Waals surface area contributed by atoms with Crippen LogP contribution in [0.1, 0.15) is 52.4 Å². The molecular formula is C13H26N2O. The first-order valence-corrected chi connectivity index (χ1v) is 6.46. The standard InChI is InChI=1S/C13H26N2O/c1-11(2)10-15(3)12(16)9-13(14)7-5-4-6-8-13/h11H,4-10,14H2,1-3H3. The van der Waals surface area contributed by atoms with Gasteiger partial charge in [0.25, 0.3) is 0 Å². The van der Waals surface area contributed by atoms with E-state index in [1.165, 1.54) is 19.3 Å². The molecule has 3 heteroatoms. The van der Waals surface area contributed by atoms with Crippen molar-refractivity contribution in [2.45, 2.75) is 57.9 Å². The Labute approximate surface area is 99.4 Å². The summed E-state index contributed by atoms with van der Waals surface area (Å²) in [6.07, 6.45) is 6.17. The predicted octanol–water partition coefficient (Wildman–Crippen LogP) is 2.15. The van der Waals surface area contributed by atoms with E-state index in [-0.39, 0.29) is 11.4 Å². The largest absolute Gasteiger partial charge is 0.345 e. The van der Waals surface area contributed by atoms with Gasteiger partial charge in [-0.05, 0) is 18.8 Å². The highest BCUT2D eigenvalue weighted by atomic mass is 16.2. The Bertz CT molecular complexity index is 232. The van der Waals surface area contributed by atoms with Crippen LogP contribution in [0.4, 0.5) is 0 Å². The van der Waals surface area contributed by atoms with Crippen LogP contribution in [0.3, 0.4) is 0 Å². The lowest BCUT2D eigenvalue weighted by molar-refractivity contribution is -0.131. The third kappa shape index (κ3) is 4.12. The number of rotatable bonds is 4. The molecule has 1 rings (SSSR count). The van der Waals surface area contributed by atoms with E-state index in [0.29, 0.717) is 12.3 Å². The van der Waals surface area contributed by atoms with Crippen LogP contribution < -0.4 is 5.73 Å². The number of nitrogens with zero attached hydrogens (tertiary/aromatic N) is 1. The van der Waals surface area contributed by atoms with Gasteiger partial charge in [-0.15, -0.1) is 0 Å². The predicted molar refractivity (Wildman–Crippen MR) is 67.1 cm³/mol. The fourth-order valence-electron chi connectivity index (χ4n) is 2.52. The van der Waals surface area contributed by atoms with Gasteiger partial charge in [-0.2, -0.15) is 0 Å². The smallest absolute Gasteiger partial charge is 0.224 e. The molecule has 0 aromatic carbocycles. The molecule has 16 heavy (non-hydrogen) atoms. The van der Waals surface area contributed by atoms with E-state index >= 15 is 0 Å². The molecule has 1 aliphatic rings. The molecular weight excluding hydrogens is 200 g/mol. The fourth-order valence-corrected chi connectivity index (χ4v) is 2.52. The van der Waals surface area contributed by atoms with Gasteiger partial charge in [-0.1, -0.05) is 33.1 Å². The average molecular weight is 226 g/mol. The van der Waals surface area contributed by atoms with Crippen molar-refractivity contribution in [1.29, 1.82) is 0 Å². The first-order valence-electron chi connectivity index (χ1n) is 6.46. The molecule has 0 aromatic rings. The lowest BCUT2D eigenvalue weighted by atomic mass is 9.80. The van der Waals surface area contributed by atoms with Crippen molar-refractivity contribution >= 4 is 5.91 Å². The van der Waals surface area contributed by atoms with Gasteiger partial charge in [0.2, 0.25) is 5.91 Å². The lowest BCUT2D eigenvalue weighted by Gasteiger charge is -2.34. The second kappa shape index (κ2) is 5.67. The van der Waals surface area contributed by atoms with Crippen molar-refractivity contribution < 1.29 is 4.79 Å². The molecule has 3 nitrogen and oxygen atoms in total. The second-order valence-electron chi connectivity index (χ2n) is 5.77. The minimum Gasteiger partial charge on any atom is -0.345 e. The molecule has 94 valence electrons. The van der Waals surface area contributed by atoms with Gasteiger partial charge in [-0.3, -0.25) is 4.79 Å². The summed E-state index contributed by atoms with van der Waals surface area (Å²) >= 11 is 0. The Hall–Kier alpha value is -0.570. The van der Waals surface area contributed by atoms with Gasteiger partial charge in [0.1, 0.15) is 0 Å². The molecule has 0 radical (unpaired) electrons. The quantitative estimate of drug-likeness (QED) is 0.798. The molecule has 0 aromatic heterocycles. The van der Waals surface area contributed by atoms with Crippen LogP contribution in [0.2, 0.25) is 0 Å². The zero-order valence-corrected chi connectivity index (χ0v) is 11.0. The van der Waals surface area contributed by atoms with E-state index < -0.39 is 0 Å². The van der Waals surface area contributed by atoms with Crippen molar-refractivity contribution in [2.75, 3.05) is 13.6 Å². The highest BCUT2D eigenvalue weighted by Gasteiger charge is 2.31. The molecule has 0 bridgehead atoms. The molecule has 0 atom stereocenters. The van der Waals surface area contributed by atoms with Crippen molar-refractivity contribution in [1.82, 2.24) is 4.90 Å². The maximum atomic E-state index is 12.0. The number of nitrogens with two attached hydrogens (primary N) is 1. The van der Waals surface area contributed by atoms with Gasteiger partial charge in [0.15, 0.2) is 0 Å². The van der Waals surface area contributed by atoms with Crippen LogP contribution >= 0.6 is 0 Å². The SMILES string of the molecule is CC(C)CN(C)C(=O)CC1(N)CCCCC1.